The van der Waals surface area contributed by atoms with E-state index in [1.165, 1.54) is 19.2 Å². The summed E-state index contributed by atoms with van der Waals surface area (Å²) in [5, 5.41) is 0.272. The molecule has 2 aromatic carbocycles. The van der Waals surface area contributed by atoms with Gasteiger partial charge in [-0.2, -0.15) is 0 Å². The van der Waals surface area contributed by atoms with Gasteiger partial charge in [0.1, 0.15) is 11.5 Å². The van der Waals surface area contributed by atoms with E-state index in [1.807, 2.05) is 0 Å². The standard InChI is InChI=1S/C19H16ClNO5/c1-11-18(23)21(19(24)13-5-3-4-6-16(13)26-11)10-15(22)12-7-8-17(25-2)14(20)9-12/h3-9,11H,10H2,1-2H3/t11-/m0/s1. The third-order valence-electron chi connectivity index (χ3n) is 4.06. The number of imide groups is 1. The van der Waals surface area contributed by atoms with Gasteiger partial charge in [-0.3, -0.25) is 19.3 Å². The molecular formula is C19H16ClNO5. The molecule has 0 spiro atoms. The van der Waals surface area contributed by atoms with Crippen molar-refractivity contribution in [2.24, 2.45) is 0 Å². The second-order valence-electron chi connectivity index (χ2n) is 5.76. The number of carbonyl (C=O) groups excluding carboxylic acids is 3. The van der Waals surface area contributed by atoms with Crippen molar-refractivity contribution >= 4 is 29.2 Å². The van der Waals surface area contributed by atoms with Crippen LogP contribution in [0.3, 0.4) is 0 Å². The van der Waals surface area contributed by atoms with E-state index < -0.39 is 30.2 Å². The molecule has 2 amide bonds. The molecule has 0 fully saturated rings. The maximum Gasteiger partial charge on any atom is 0.270 e. The van der Waals surface area contributed by atoms with Gasteiger partial charge >= 0.3 is 0 Å². The van der Waals surface area contributed by atoms with E-state index in [2.05, 4.69) is 0 Å². The van der Waals surface area contributed by atoms with Crippen LogP contribution in [0.1, 0.15) is 27.6 Å². The number of hydrogen-bond acceptors (Lipinski definition) is 5. The number of amides is 2. The largest absolute Gasteiger partial charge is 0.495 e. The summed E-state index contributed by atoms with van der Waals surface area (Å²) in [5.41, 5.74) is 0.522. The van der Waals surface area contributed by atoms with Gasteiger partial charge in [-0.15, -0.1) is 0 Å². The molecule has 134 valence electrons. The molecule has 1 aliphatic rings. The second kappa shape index (κ2) is 7.17. The smallest absolute Gasteiger partial charge is 0.270 e. The highest BCUT2D eigenvalue weighted by Gasteiger charge is 2.35. The lowest BCUT2D eigenvalue weighted by Gasteiger charge is -2.19. The van der Waals surface area contributed by atoms with Crippen LogP contribution in [0.15, 0.2) is 42.5 Å². The monoisotopic (exact) mass is 373 g/mol. The molecule has 1 atom stereocenters. The molecule has 0 N–H and O–H groups in total. The Labute approximate surface area is 155 Å². The molecule has 0 unspecified atom stereocenters. The number of ketones is 1. The Morgan fingerprint density at radius 1 is 1.23 bits per heavy atom. The maximum atomic E-state index is 12.8. The van der Waals surface area contributed by atoms with Crippen molar-refractivity contribution in [3.63, 3.8) is 0 Å². The number of fused-ring (bicyclic) bond motifs is 1. The van der Waals surface area contributed by atoms with Crippen LogP contribution in [-0.4, -0.2) is 42.3 Å². The number of benzene rings is 2. The van der Waals surface area contributed by atoms with Crippen LogP contribution in [0.4, 0.5) is 0 Å². The van der Waals surface area contributed by atoms with Crippen LogP contribution in [-0.2, 0) is 4.79 Å². The number of nitrogens with zero attached hydrogens (tertiary/aromatic N) is 1. The van der Waals surface area contributed by atoms with Crippen LogP contribution in [0.5, 0.6) is 11.5 Å². The summed E-state index contributed by atoms with van der Waals surface area (Å²) in [6.07, 6.45) is -0.880. The Kier molecular flexibility index (Phi) is 4.95. The van der Waals surface area contributed by atoms with E-state index in [4.69, 9.17) is 21.1 Å². The molecule has 1 heterocycles. The molecule has 6 nitrogen and oxygen atoms in total. The molecule has 0 bridgehead atoms. The average Bonchev–Trinajstić information content (AvgIpc) is 2.72. The summed E-state index contributed by atoms with van der Waals surface area (Å²) in [4.78, 5) is 38.8. The van der Waals surface area contributed by atoms with Gasteiger partial charge in [0.2, 0.25) is 0 Å². The second-order valence-corrected chi connectivity index (χ2v) is 6.17. The van der Waals surface area contributed by atoms with Gasteiger partial charge in [0.15, 0.2) is 11.9 Å². The van der Waals surface area contributed by atoms with Crippen molar-refractivity contribution in [1.82, 2.24) is 4.90 Å². The third kappa shape index (κ3) is 3.28. The highest BCUT2D eigenvalue weighted by atomic mass is 35.5. The Morgan fingerprint density at radius 3 is 2.65 bits per heavy atom. The summed E-state index contributed by atoms with van der Waals surface area (Å²) in [6.45, 7) is 1.14. The summed E-state index contributed by atoms with van der Waals surface area (Å²) >= 11 is 6.05. The van der Waals surface area contributed by atoms with Crippen molar-refractivity contribution in [2.45, 2.75) is 13.0 Å². The predicted molar refractivity (Wildman–Crippen MR) is 94.9 cm³/mol. The van der Waals surface area contributed by atoms with E-state index in [1.54, 1.807) is 37.3 Å². The van der Waals surface area contributed by atoms with E-state index in [0.717, 1.165) is 4.90 Å². The zero-order chi connectivity index (χ0) is 18.8. The molecule has 2 aromatic rings. The summed E-state index contributed by atoms with van der Waals surface area (Å²) in [5.74, 6) is -0.799. The summed E-state index contributed by atoms with van der Waals surface area (Å²) in [7, 11) is 1.47. The summed E-state index contributed by atoms with van der Waals surface area (Å²) in [6, 6.07) is 11.1. The lowest BCUT2D eigenvalue weighted by molar-refractivity contribution is -0.134. The van der Waals surface area contributed by atoms with Crippen LogP contribution in [0.2, 0.25) is 5.02 Å². The van der Waals surface area contributed by atoms with Crippen molar-refractivity contribution in [3.8, 4) is 11.5 Å². The predicted octanol–water partition coefficient (Wildman–Crippen LogP) is 2.98. The number of rotatable bonds is 4. The molecular weight excluding hydrogens is 358 g/mol. The van der Waals surface area contributed by atoms with Crippen LogP contribution >= 0.6 is 11.6 Å². The van der Waals surface area contributed by atoms with Gasteiger partial charge in [-0.1, -0.05) is 23.7 Å². The topological polar surface area (TPSA) is 72.9 Å². The van der Waals surface area contributed by atoms with Gasteiger partial charge < -0.3 is 9.47 Å². The molecule has 0 aromatic heterocycles. The first-order chi connectivity index (χ1) is 12.4. The number of para-hydroxylation sites is 1. The Balaban J connectivity index is 1.90. The zero-order valence-electron chi connectivity index (χ0n) is 14.2. The minimum absolute atomic E-state index is 0.241. The summed E-state index contributed by atoms with van der Waals surface area (Å²) < 4.78 is 10.6. The van der Waals surface area contributed by atoms with Crippen molar-refractivity contribution < 1.29 is 23.9 Å². The third-order valence-corrected chi connectivity index (χ3v) is 4.35. The van der Waals surface area contributed by atoms with Crippen LogP contribution in [0, 0.1) is 0 Å². The minimum atomic E-state index is -0.880. The fraction of sp³-hybridized carbons (Fsp3) is 0.211. The SMILES string of the molecule is COc1ccc(C(=O)CN2C(=O)c3ccccc3O[C@@H](C)C2=O)cc1Cl. The number of ether oxygens (including phenoxy) is 2. The van der Waals surface area contributed by atoms with E-state index in [0.29, 0.717) is 11.5 Å². The first-order valence-corrected chi connectivity index (χ1v) is 8.28. The number of carbonyl (C=O) groups is 3. The average molecular weight is 374 g/mol. The van der Waals surface area contributed by atoms with Gasteiger partial charge in [-0.25, -0.2) is 0 Å². The molecule has 3 rings (SSSR count). The zero-order valence-corrected chi connectivity index (χ0v) is 14.9. The quantitative estimate of drug-likeness (QED) is 0.608. The van der Waals surface area contributed by atoms with Crippen LogP contribution in [0.25, 0.3) is 0 Å². The number of halogens is 1. The Bertz CT molecular complexity index is 895. The van der Waals surface area contributed by atoms with E-state index in [-0.39, 0.29) is 16.1 Å². The van der Waals surface area contributed by atoms with Crippen molar-refractivity contribution in [1.29, 1.82) is 0 Å². The first-order valence-electron chi connectivity index (χ1n) is 7.90. The molecule has 26 heavy (non-hydrogen) atoms. The molecule has 0 saturated carbocycles. The van der Waals surface area contributed by atoms with Crippen molar-refractivity contribution in [2.75, 3.05) is 13.7 Å². The number of Topliss-reactive ketones (excluding diaryl/α,β-unsaturated/α-hetero) is 1. The van der Waals surface area contributed by atoms with Gasteiger partial charge in [0.25, 0.3) is 11.8 Å². The molecule has 0 saturated heterocycles. The molecule has 7 heteroatoms. The Morgan fingerprint density at radius 2 is 1.96 bits per heavy atom. The number of methoxy groups -OCH3 is 1. The minimum Gasteiger partial charge on any atom is -0.495 e. The van der Waals surface area contributed by atoms with Gasteiger partial charge in [0.05, 0.1) is 24.2 Å². The van der Waals surface area contributed by atoms with Crippen molar-refractivity contribution in [3.05, 3.63) is 58.6 Å². The lowest BCUT2D eigenvalue weighted by atomic mass is 10.1. The number of hydrogen-bond donors (Lipinski definition) is 0. The van der Waals surface area contributed by atoms with Crippen LogP contribution < -0.4 is 9.47 Å². The normalized spacial score (nSPS) is 16.6. The highest BCUT2D eigenvalue weighted by Crippen LogP contribution is 2.27. The Hall–Kier alpha value is -2.86. The van der Waals surface area contributed by atoms with E-state index >= 15 is 0 Å². The highest BCUT2D eigenvalue weighted by molar-refractivity contribution is 6.32. The molecule has 0 radical (unpaired) electrons. The fourth-order valence-corrected chi connectivity index (χ4v) is 2.93. The maximum absolute atomic E-state index is 12.8. The molecule has 1 aliphatic heterocycles. The van der Waals surface area contributed by atoms with Gasteiger partial charge in [0, 0.05) is 5.56 Å². The molecule has 0 aliphatic carbocycles. The van der Waals surface area contributed by atoms with E-state index in [9.17, 15) is 14.4 Å². The van der Waals surface area contributed by atoms with Gasteiger partial charge in [-0.05, 0) is 37.3 Å². The lowest BCUT2D eigenvalue weighted by Crippen LogP contribution is -2.44. The first kappa shape index (κ1) is 17.9. The fourth-order valence-electron chi connectivity index (χ4n) is 2.68.